The number of nitrogens with zero attached hydrogens (tertiary/aromatic N) is 2. The molecule has 222 valence electrons. The van der Waals surface area contributed by atoms with Gasteiger partial charge in [0.05, 0.1) is 23.4 Å². The van der Waals surface area contributed by atoms with Crippen LogP contribution in [0.3, 0.4) is 0 Å². The van der Waals surface area contributed by atoms with E-state index in [9.17, 15) is 35.7 Å². The topological polar surface area (TPSA) is 91.6 Å². The molecule has 1 aliphatic rings. The second-order valence-electron chi connectivity index (χ2n) is 10.6. The first kappa shape index (κ1) is 29.6. The fraction of sp³-hybridized carbons (Fsp3) is 0.286. The first-order chi connectivity index (χ1) is 19.6. The highest BCUT2D eigenvalue weighted by Crippen LogP contribution is 2.42. The predicted octanol–water partition coefficient (Wildman–Crippen LogP) is 7.11. The number of alkyl halides is 6. The monoisotopic (exact) mass is 612 g/mol. The van der Waals surface area contributed by atoms with Gasteiger partial charge in [0.1, 0.15) is 5.75 Å². The molecule has 3 aromatic carbocycles. The van der Waals surface area contributed by atoms with Crippen molar-refractivity contribution in [2.75, 3.05) is 17.5 Å². The number of nitrogens with one attached hydrogen (secondary N) is 1. The Balaban J connectivity index is 1.49. The maximum atomic E-state index is 13.0. The van der Waals surface area contributed by atoms with Crippen LogP contribution in [-0.4, -0.2) is 34.0 Å². The van der Waals surface area contributed by atoms with Crippen LogP contribution < -0.4 is 14.8 Å². The number of benzene rings is 3. The molecule has 0 radical (unpaired) electrons. The van der Waals surface area contributed by atoms with E-state index in [0.717, 1.165) is 17.7 Å². The summed E-state index contributed by atoms with van der Waals surface area (Å²) < 4.78 is 101. The molecule has 0 aliphatic carbocycles. The molecule has 2 N–H and O–H groups in total. The fourth-order valence-electron chi connectivity index (χ4n) is 4.77. The van der Waals surface area contributed by atoms with E-state index in [1.165, 1.54) is 30.3 Å². The van der Waals surface area contributed by atoms with Crippen molar-refractivity contribution in [2.24, 2.45) is 5.41 Å². The Morgan fingerprint density at radius 3 is 2.33 bits per heavy atom. The van der Waals surface area contributed by atoms with Crippen LogP contribution in [0.5, 0.6) is 5.75 Å². The van der Waals surface area contributed by atoms with Gasteiger partial charge in [-0.1, -0.05) is 37.2 Å². The van der Waals surface area contributed by atoms with E-state index < -0.39 is 41.6 Å². The highest BCUT2D eigenvalue weighted by molar-refractivity contribution is 7.93. The first-order valence-electron chi connectivity index (χ1n) is 12.5. The van der Waals surface area contributed by atoms with Crippen molar-refractivity contribution in [1.82, 2.24) is 10.1 Å². The molecule has 0 saturated carbocycles. The summed E-state index contributed by atoms with van der Waals surface area (Å²) in [4.78, 5) is 13.9. The summed E-state index contributed by atoms with van der Waals surface area (Å²) >= 11 is -1.66. The number of halogens is 6. The molecule has 1 atom stereocenters. The highest BCUT2D eigenvalue weighted by atomic mass is 32.2. The molecule has 0 bridgehead atoms. The van der Waals surface area contributed by atoms with E-state index in [-0.39, 0.29) is 27.4 Å². The minimum atomic E-state index is -4.65. The zero-order valence-corrected chi connectivity index (χ0v) is 23.0. The molecule has 5 rings (SSSR count). The number of hydrogen-bond acceptors (Lipinski definition) is 6. The fourth-order valence-corrected chi connectivity index (χ4v) is 6.26. The minimum Gasteiger partial charge on any atom is -0.483 e. The van der Waals surface area contributed by atoms with Crippen LogP contribution in [0.2, 0.25) is 0 Å². The molecular weight excluding hydrogens is 588 g/mol. The lowest BCUT2D eigenvalue weighted by molar-refractivity contribution is -0.153. The van der Waals surface area contributed by atoms with E-state index in [0.29, 0.717) is 29.8 Å². The number of aromatic amines is 1. The summed E-state index contributed by atoms with van der Waals surface area (Å²) in [5, 5.41) is 3.52. The van der Waals surface area contributed by atoms with Crippen molar-refractivity contribution < 1.29 is 40.2 Å². The standard InChI is InChI=1S/C28H23F6N3O4S/c1-26(2)13-18-11-17(16-3-6-19(7-4-16)28(32,33)34)5-10-22(18)37(14-26)42(39)20-8-9-21(24-35-25(38)41-36-24)23(12-20)40-15-27(29,30)31/h3-12,39H,13-15H2,1-2H3/p+1. The predicted molar refractivity (Wildman–Crippen MR) is 144 cm³/mol. The largest absolute Gasteiger partial charge is 0.483 e. The summed E-state index contributed by atoms with van der Waals surface area (Å²) in [7, 11) is 0. The summed E-state index contributed by atoms with van der Waals surface area (Å²) in [5.41, 5.74) is 1.77. The molecule has 42 heavy (non-hydrogen) atoms. The number of rotatable bonds is 6. The smallest absolute Gasteiger partial charge is 0.439 e. The lowest BCUT2D eigenvalue weighted by Gasteiger charge is -2.36. The Labute approximate surface area is 238 Å². The Kier molecular flexibility index (Phi) is 7.56. The lowest BCUT2D eigenvalue weighted by atomic mass is 9.81. The van der Waals surface area contributed by atoms with Crippen molar-refractivity contribution >= 4 is 17.0 Å². The van der Waals surface area contributed by atoms with Crippen LogP contribution in [-0.2, 0) is 24.0 Å². The molecule has 14 heteroatoms. The van der Waals surface area contributed by atoms with Gasteiger partial charge in [-0.15, -0.1) is 0 Å². The molecule has 4 aromatic rings. The highest BCUT2D eigenvalue weighted by Gasteiger charge is 2.42. The van der Waals surface area contributed by atoms with Gasteiger partial charge < -0.3 is 4.74 Å². The SMILES string of the molecule is CC1(C)Cc2cc(-c3ccc(C(F)(F)F)cc3)ccc2N([S+](O)c2ccc(-c3noc(=O)[nH]3)c(OCC(F)(F)F)c2)C1. The van der Waals surface area contributed by atoms with Crippen molar-refractivity contribution in [3.63, 3.8) is 0 Å². The third-order valence-electron chi connectivity index (χ3n) is 6.59. The molecular formula is C28H24F6N3O4S+. The number of fused-ring (bicyclic) bond motifs is 1. The maximum absolute atomic E-state index is 13.0. The van der Waals surface area contributed by atoms with Gasteiger partial charge in [-0.25, -0.2) is 4.79 Å². The molecule has 7 nitrogen and oxygen atoms in total. The Morgan fingerprint density at radius 2 is 1.71 bits per heavy atom. The van der Waals surface area contributed by atoms with Gasteiger partial charge in [-0.3, -0.25) is 9.51 Å². The zero-order valence-electron chi connectivity index (χ0n) is 22.1. The third-order valence-corrected chi connectivity index (χ3v) is 8.01. The molecule has 0 amide bonds. The van der Waals surface area contributed by atoms with Gasteiger partial charge in [0, 0.05) is 12.1 Å². The Hall–Kier alpha value is -3.91. The molecule has 0 spiro atoms. The molecule has 1 unspecified atom stereocenters. The number of ether oxygens (including phenoxy) is 1. The van der Waals surface area contributed by atoms with Gasteiger partial charge in [0.2, 0.25) is 4.90 Å². The normalized spacial score (nSPS) is 15.8. The van der Waals surface area contributed by atoms with Crippen LogP contribution >= 0.6 is 0 Å². The van der Waals surface area contributed by atoms with E-state index in [1.807, 2.05) is 19.9 Å². The zero-order chi connectivity index (χ0) is 30.4. The van der Waals surface area contributed by atoms with Gasteiger partial charge in [0.15, 0.2) is 12.4 Å². The van der Waals surface area contributed by atoms with E-state index in [2.05, 4.69) is 14.7 Å². The van der Waals surface area contributed by atoms with Crippen molar-refractivity contribution in [2.45, 2.75) is 37.5 Å². The van der Waals surface area contributed by atoms with E-state index in [4.69, 9.17) is 4.74 Å². The average molecular weight is 613 g/mol. The summed E-state index contributed by atoms with van der Waals surface area (Å²) in [6, 6.07) is 14.3. The van der Waals surface area contributed by atoms with E-state index in [1.54, 1.807) is 16.4 Å². The number of aromatic nitrogens is 2. The summed E-state index contributed by atoms with van der Waals surface area (Å²) in [5.74, 6) is -1.31. The van der Waals surface area contributed by atoms with Crippen LogP contribution in [0.25, 0.3) is 22.5 Å². The number of H-pyrrole nitrogens is 1. The van der Waals surface area contributed by atoms with Gasteiger partial charge >= 0.3 is 29.5 Å². The molecule has 0 saturated heterocycles. The first-order valence-corrected chi connectivity index (χ1v) is 13.7. The average Bonchev–Trinajstić information content (AvgIpc) is 3.35. The second-order valence-corrected chi connectivity index (χ2v) is 12.0. The number of hydrogen-bond donors (Lipinski definition) is 2. The number of anilines is 1. The summed E-state index contributed by atoms with van der Waals surface area (Å²) in [6.45, 7) is 2.77. The Bertz CT molecular complexity index is 1650. The van der Waals surface area contributed by atoms with Crippen molar-refractivity contribution in [3.8, 4) is 28.3 Å². The molecule has 1 aromatic heterocycles. The summed E-state index contributed by atoms with van der Waals surface area (Å²) in [6.07, 6.45) is -8.48. The van der Waals surface area contributed by atoms with Crippen LogP contribution in [0.1, 0.15) is 25.0 Å². The lowest BCUT2D eigenvalue weighted by Crippen LogP contribution is -2.43. The second kappa shape index (κ2) is 10.7. The quantitative estimate of drug-likeness (QED) is 0.178. The van der Waals surface area contributed by atoms with Gasteiger partial charge in [-0.2, -0.15) is 35.2 Å². The Morgan fingerprint density at radius 1 is 1.02 bits per heavy atom. The molecule has 2 heterocycles. The molecule has 0 fully saturated rings. The van der Waals surface area contributed by atoms with Crippen molar-refractivity contribution in [3.05, 3.63) is 82.3 Å². The van der Waals surface area contributed by atoms with Crippen LogP contribution in [0.4, 0.5) is 32.0 Å². The van der Waals surface area contributed by atoms with Crippen LogP contribution in [0.15, 0.2) is 74.9 Å². The minimum absolute atomic E-state index is 0.0337. The maximum Gasteiger partial charge on any atom is 0.439 e. The molecule has 1 aliphatic heterocycles. The third kappa shape index (κ3) is 6.44. The van der Waals surface area contributed by atoms with Crippen LogP contribution in [0, 0.1) is 5.41 Å². The van der Waals surface area contributed by atoms with Crippen molar-refractivity contribution in [1.29, 1.82) is 0 Å². The van der Waals surface area contributed by atoms with Gasteiger partial charge in [-0.05, 0) is 58.9 Å². The van der Waals surface area contributed by atoms with E-state index >= 15 is 0 Å². The van der Waals surface area contributed by atoms with Gasteiger partial charge in [0.25, 0.3) is 0 Å².